The van der Waals surface area contributed by atoms with Gasteiger partial charge in [0.15, 0.2) is 0 Å². The molecule has 0 saturated heterocycles. The fraction of sp³-hybridized carbons (Fsp3) is 0.692. The highest BCUT2D eigenvalue weighted by atomic mass is 16.5. The first kappa shape index (κ1) is 15.7. The minimum Gasteiger partial charge on any atom is -0.382 e. The molecule has 108 valence electrons. The molecule has 0 aliphatic carbocycles. The average Bonchev–Trinajstić information content (AvgIpc) is 2.43. The van der Waals surface area contributed by atoms with Gasteiger partial charge in [0.2, 0.25) is 0 Å². The van der Waals surface area contributed by atoms with E-state index in [9.17, 15) is 0 Å². The van der Waals surface area contributed by atoms with Crippen molar-refractivity contribution >= 4 is 11.6 Å². The van der Waals surface area contributed by atoms with E-state index in [1.54, 1.807) is 13.4 Å². The predicted molar refractivity (Wildman–Crippen MR) is 76.6 cm³/mol. The molecular formula is C13H24N4O2. The van der Waals surface area contributed by atoms with Gasteiger partial charge in [0, 0.05) is 32.9 Å². The topological polar surface area (TPSA) is 68.3 Å². The van der Waals surface area contributed by atoms with Crippen LogP contribution in [0.1, 0.15) is 19.8 Å². The van der Waals surface area contributed by atoms with Crippen molar-refractivity contribution in [1.82, 2.24) is 9.97 Å². The second kappa shape index (κ2) is 10.5. The van der Waals surface area contributed by atoms with E-state index in [1.165, 1.54) is 0 Å². The van der Waals surface area contributed by atoms with E-state index in [0.29, 0.717) is 13.2 Å². The van der Waals surface area contributed by atoms with Gasteiger partial charge >= 0.3 is 0 Å². The third kappa shape index (κ3) is 7.58. The van der Waals surface area contributed by atoms with Gasteiger partial charge in [-0.3, -0.25) is 0 Å². The van der Waals surface area contributed by atoms with Crippen LogP contribution >= 0.6 is 0 Å². The third-order valence-corrected chi connectivity index (χ3v) is 2.48. The first-order chi connectivity index (χ1) is 9.36. The number of methoxy groups -OCH3 is 1. The summed E-state index contributed by atoms with van der Waals surface area (Å²) in [5.74, 6) is 1.70. The number of anilines is 2. The molecule has 0 radical (unpaired) electrons. The van der Waals surface area contributed by atoms with Gasteiger partial charge in [0.25, 0.3) is 0 Å². The van der Waals surface area contributed by atoms with Crippen molar-refractivity contribution in [2.24, 2.45) is 0 Å². The summed E-state index contributed by atoms with van der Waals surface area (Å²) >= 11 is 0. The number of nitrogens with zero attached hydrogens (tertiary/aromatic N) is 2. The van der Waals surface area contributed by atoms with E-state index in [2.05, 4.69) is 20.6 Å². The largest absolute Gasteiger partial charge is 0.382 e. The van der Waals surface area contributed by atoms with Gasteiger partial charge in [0.1, 0.15) is 18.0 Å². The number of hydrogen-bond donors (Lipinski definition) is 2. The molecule has 19 heavy (non-hydrogen) atoms. The Balaban J connectivity index is 2.07. The lowest BCUT2D eigenvalue weighted by atomic mass is 10.3. The van der Waals surface area contributed by atoms with Crippen molar-refractivity contribution in [2.75, 3.05) is 50.7 Å². The summed E-state index contributed by atoms with van der Waals surface area (Å²) in [5, 5.41) is 6.43. The Hall–Kier alpha value is -1.40. The van der Waals surface area contributed by atoms with Gasteiger partial charge in [-0.15, -0.1) is 0 Å². The zero-order valence-electron chi connectivity index (χ0n) is 11.8. The summed E-state index contributed by atoms with van der Waals surface area (Å²) in [6.45, 7) is 5.88. The summed E-state index contributed by atoms with van der Waals surface area (Å²) < 4.78 is 10.3. The van der Waals surface area contributed by atoms with E-state index < -0.39 is 0 Å². The van der Waals surface area contributed by atoms with Gasteiger partial charge in [-0.1, -0.05) is 0 Å². The lowest BCUT2D eigenvalue weighted by molar-refractivity contribution is 0.0691. The molecule has 1 aromatic heterocycles. The Labute approximate surface area is 114 Å². The molecule has 0 bridgehead atoms. The maximum Gasteiger partial charge on any atom is 0.131 e. The lowest BCUT2D eigenvalue weighted by Gasteiger charge is -2.07. The molecule has 1 rings (SSSR count). The zero-order valence-corrected chi connectivity index (χ0v) is 11.8. The van der Waals surface area contributed by atoms with E-state index in [0.717, 1.165) is 44.2 Å². The van der Waals surface area contributed by atoms with Crippen molar-refractivity contribution < 1.29 is 9.47 Å². The fourth-order valence-electron chi connectivity index (χ4n) is 1.52. The van der Waals surface area contributed by atoms with Crippen LogP contribution in [0.15, 0.2) is 12.4 Å². The van der Waals surface area contributed by atoms with Crippen molar-refractivity contribution in [1.29, 1.82) is 0 Å². The number of hydrogen-bond acceptors (Lipinski definition) is 6. The van der Waals surface area contributed by atoms with Crippen LogP contribution in [0.25, 0.3) is 0 Å². The van der Waals surface area contributed by atoms with E-state index in [4.69, 9.17) is 9.47 Å². The minimum atomic E-state index is 0.659. The van der Waals surface area contributed by atoms with Crippen LogP contribution in [-0.2, 0) is 9.47 Å². The number of rotatable bonds is 11. The van der Waals surface area contributed by atoms with Gasteiger partial charge in [-0.2, -0.15) is 0 Å². The fourth-order valence-corrected chi connectivity index (χ4v) is 1.52. The number of unbranched alkanes of at least 4 members (excludes halogenated alkanes) is 1. The molecule has 1 heterocycles. The number of nitrogens with one attached hydrogen (secondary N) is 2. The molecule has 0 spiro atoms. The molecule has 6 nitrogen and oxygen atoms in total. The molecule has 0 atom stereocenters. The van der Waals surface area contributed by atoms with Crippen molar-refractivity contribution in [3.05, 3.63) is 12.4 Å². The molecule has 0 fully saturated rings. The smallest absolute Gasteiger partial charge is 0.131 e. The van der Waals surface area contributed by atoms with Crippen molar-refractivity contribution in [3.8, 4) is 0 Å². The Kier molecular flexibility index (Phi) is 8.67. The van der Waals surface area contributed by atoms with Crippen molar-refractivity contribution in [2.45, 2.75) is 19.8 Å². The first-order valence-corrected chi connectivity index (χ1v) is 6.73. The highest BCUT2D eigenvalue weighted by molar-refractivity contribution is 5.46. The Morgan fingerprint density at radius 2 is 1.84 bits per heavy atom. The summed E-state index contributed by atoms with van der Waals surface area (Å²) in [6, 6.07) is 1.92. The molecule has 0 aliphatic rings. The SMILES string of the molecule is CCNc1cc(NCCCCOCCOC)ncn1. The molecule has 1 aromatic rings. The molecule has 2 N–H and O–H groups in total. The molecule has 0 aliphatic heterocycles. The number of ether oxygens (including phenoxy) is 2. The lowest BCUT2D eigenvalue weighted by Crippen LogP contribution is -2.08. The normalized spacial score (nSPS) is 10.4. The third-order valence-electron chi connectivity index (χ3n) is 2.48. The Morgan fingerprint density at radius 3 is 2.58 bits per heavy atom. The zero-order chi connectivity index (χ0) is 13.8. The van der Waals surface area contributed by atoms with E-state index in [1.807, 2.05) is 13.0 Å². The quantitative estimate of drug-likeness (QED) is 0.596. The summed E-state index contributed by atoms with van der Waals surface area (Å²) in [7, 11) is 1.68. The van der Waals surface area contributed by atoms with Crippen molar-refractivity contribution in [3.63, 3.8) is 0 Å². The van der Waals surface area contributed by atoms with Crippen LogP contribution in [-0.4, -0.2) is 50.0 Å². The second-order valence-electron chi connectivity index (χ2n) is 4.06. The molecule has 0 unspecified atom stereocenters. The van der Waals surface area contributed by atoms with Crippen LogP contribution in [0.3, 0.4) is 0 Å². The minimum absolute atomic E-state index is 0.659. The van der Waals surface area contributed by atoms with Gasteiger partial charge in [0.05, 0.1) is 13.2 Å². The van der Waals surface area contributed by atoms with Crippen LogP contribution in [0.4, 0.5) is 11.6 Å². The maximum atomic E-state index is 5.39. The predicted octanol–water partition coefficient (Wildman–Crippen LogP) is 1.76. The molecule has 0 amide bonds. The van der Waals surface area contributed by atoms with E-state index >= 15 is 0 Å². The van der Waals surface area contributed by atoms with E-state index in [-0.39, 0.29) is 0 Å². The maximum absolute atomic E-state index is 5.39. The summed E-state index contributed by atoms with van der Waals surface area (Å²) in [5.41, 5.74) is 0. The molecule has 0 aromatic carbocycles. The molecule has 6 heteroatoms. The van der Waals surface area contributed by atoms with Crippen LogP contribution in [0, 0.1) is 0 Å². The number of aromatic nitrogens is 2. The van der Waals surface area contributed by atoms with Gasteiger partial charge in [-0.05, 0) is 19.8 Å². The average molecular weight is 268 g/mol. The van der Waals surface area contributed by atoms with Gasteiger partial charge in [-0.25, -0.2) is 9.97 Å². The monoisotopic (exact) mass is 268 g/mol. The summed E-state index contributed by atoms with van der Waals surface area (Å²) in [6.07, 6.45) is 3.64. The van der Waals surface area contributed by atoms with Crippen LogP contribution < -0.4 is 10.6 Å². The summed E-state index contributed by atoms with van der Waals surface area (Å²) in [4.78, 5) is 8.29. The highest BCUT2D eigenvalue weighted by Crippen LogP contribution is 2.08. The standard InChI is InChI=1S/C13H24N4O2/c1-3-14-12-10-13(17-11-16-12)15-6-4-5-7-19-9-8-18-2/h10-11H,3-9H2,1-2H3,(H2,14,15,16,17). The molecule has 0 saturated carbocycles. The second-order valence-corrected chi connectivity index (χ2v) is 4.06. The van der Waals surface area contributed by atoms with Crippen LogP contribution in [0.5, 0.6) is 0 Å². The first-order valence-electron chi connectivity index (χ1n) is 6.73. The van der Waals surface area contributed by atoms with Crippen LogP contribution in [0.2, 0.25) is 0 Å². The highest BCUT2D eigenvalue weighted by Gasteiger charge is 1.97. The molecular weight excluding hydrogens is 244 g/mol. The Bertz CT molecular complexity index is 336. The Morgan fingerprint density at radius 1 is 1.05 bits per heavy atom. The van der Waals surface area contributed by atoms with Gasteiger partial charge < -0.3 is 20.1 Å².